The Labute approximate surface area is 126 Å². The number of hydrogen-bond donors (Lipinski definition) is 0. The molecule has 0 atom stereocenters. The van der Waals surface area contributed by atoms with Gasteiger partial charge in [0.1, 0.15) is 0 Å². The third kappa shape index (κ3) is 4.69. The van der Waals surface area contributed by atoms with Crippen LogP contribution in [-0.4, -0.2) is 20.4 Å². The zero-order valence-corrected chi connectivity index (χ0v) is 15.5. The summed E-state index contributed by atoms with van der Waals surface area (Å²) >= 11 is -1.59. The molecule has 0 radical (unpaired) electrons. The molecule has 2 rings (SSSR count). The van der Waals surface area contributed by atoms with Crippen molar-refractivity contribution in [2.45, 2.75) is 48.2 Å². The summed E-state index contributed by atoms with van der Waals surface area (Å²) in [7, 11) is 1.73. The third-order valence-corrected chi connectivity index (χ3v) is 7.04. The minimum atomic E-state index is -1.59. The number of rotatable bonds is 5. The van der Waals surface area contributed by atoms with Gasteiger partial charge in [0.15, 0.2) is 0 Å². The van der Waals surface area contributed by atoms with E-state index in [1.54, 1.807) is 12.7 Å². The summed E-state index contributed by atoms with van der Waals surface area (Å²) in [6, 6.07) is 8.64. The van der Waals surface area contributed by atoms with E-state index >= 15 is 0 Å². The normalized spacial score (nSPS) is 17.5. The molecule has 0 aliphatic heterocycles. The fourth-order valence-electron chi connectivity index (χ4n) is 3.04. The molecule has 1 aliphatic carbocycles. The summed E-state index contributed by atoms with van der Waals surface area (Å²) in [5.74, 6) is 9.28. The van der Waals surface area contributed by atoms with Crippen LogP contribution < -0.4 is 4.74 Å². The summed E-state index contributed by atoms with van der Waals surface area (Å²) in [5, 5.41) is 1.32. The summed E-state index contributed by atoms with van der Waals surface area (Å²) in [5.41, 5.74) is 2.99. The molecule has 2 heteroatoms. The molecule has 110 valence electrons. The van der Waals surface area contributed by atoms with Crippen molar-refractivity contribution in [3.05, 3.63) is 35.9 Å². The molecule has 0 unspecified atom stereocenters. The summed E-state index contributed by atoms with van der Waals surface area (Å²) in [6.07, 6.45) is 8.18. The van der Waals surface area contributed by atoms with Gasteiger partial charge in [-0.1, -0.05) is 0 Å². The molecule has 0 amide bonds. The molecule has 0 spiro atoms. The molecular formula is C18H28GeO. The van der Waals surface area contributed by atoms with Crippen LogP contribution in [-0.2, 0) is 0 Å². The molecule has 1 saturated carbocycles. The molecule has 1 nitrogen and oxygen atoms in total. The fraction of sp³-hybridized carbons (Fsp3) is 0.556. The number of allylic oxidation sites excluding steroid dienone is 2. The van der Waals surface area contributed by atoms with Crippen LogP contribution in [0.15, 0.2) is 30.3 Å². The van der Waals surface area contributed by atoms with Gasteiger partial charge in [0, 0.05) is 0 Å². The minimum absolute atomic E-state index is 0.817. The van der Waals surface area contributed by atoms with Crippen molar-refractivity contribution >= 4 is 18.8 Å². The van der Waals surface area contributed by atoms with Crippen LogP contribution in [0.1, 0.15) is 31.2 Å². The standard InChI is InChI=1S/C18H28GeO/c1-19(2,3)14-17(13-15-7-5-6-8-15)16-9-11-18(20-4)12-10-16/h9-13,15H,5-8,14H2,1-4H3/b17-13+. The number of benzene rings is 1. The zero-order valence-electron chi connectivity index (χ0n) is 13.4. The van der Waals surface area contributed by atoms with Crippen LogP contribution >= 0.6 is 0 Å². The SMILES string of the molecule is COc1ccc(/C(=C/C2CCCC2)[CH2][Ge]([CH3])([CH3])[CH3])cc1. The third-order valence-electron chi connectivity index (χ3n) is 4.02. The molecule has 0 aromatic heterocycles. The molecule has 0 N–H and O–H groups in total. The van der Waals surface area contributed by atoms with Gasteiger partial charge in [-0.3, -0.25) is 0 Å². The first-order chi connectivity index (χ1) is 9.48. The Balaban J connectivity index is 2.24. The zero-order chi connectivity index (χ0) is 14.6. The van der Waals surface area contributed by atoms with E-state index < -0.39 is 13.3 Å². The second-order valence-electron chi connectivity index (χ2n) is 7.20. The predicted molar refractivity (Wildman–Crippen MR) is 91.1 cm³/mol. The Morgan fingerprint density at radius 1 is 1.15 bits per heavy atom. The van der Waals surface area contributed by atoms with E-state index in [2.05, 4.69) is 47.6 Å². The van der Waals surface area contributed by atoms with Gasteiger partial charge >= 0.3 is 126 Å². The Hall–Kier alpha value is -0.697. The van der Waals surface area contributed by atoms with Crippen LogP contribution in [0.2, 0.25) is 22.5 Å². The molecule has 0 saturated heterocycles. The number of ether oxygens (including phenoxy) is 1. The first kappa shape index (κ1) is 15.7. The van der Waals surface area contributed by atoms with Gasteiger partial charge in [-0.15, -0.1) is 0 Å². The van der Waals surface area contributed by atoms with E-state index in [9.17, 15) is 0 Å². The van der Waals surface area contributed by atoms with E-state index in [1.165, 1.54) is 36.5 Å². The van der Waals surface area contributed by atoms with Gasteiger partial charge in [0.2, 0.25) is 0 Å². The number of hydrogen-bond acceptors (Lipinski definition) is 1. The molecule has 0 bridgehead atoms. The van der Waals surface area contributed by atoms with Gasteiger partial charge in [-0.25, -0.2) is 0 Å². The van der Waals surface area contributed by atoms with Gasteiger partial charge in [-0.2, -0.15) is 0 Å². The van der Waals surface area contributed by atoms with E-state index in [4.69, 9.17) is 4.74 Å². The first-order valence-electron chi connectivity index (χ1n) is 7.83. The van der Waals surface area contributed by atoms with E-state index in [0.29, 0.717) is 0 Å². The van der Waals surface area contributed by atoms with Crippen molar-refractivity contribution in [2.24, 2.45) is 5.92 Å². The van der Waals surface area contributed by atoms with Crippen LogP contribution in [0.4, 0.5) is 0 Å². The Kier molecular flexibility index (Phi) is 5.37. The summed E-state index contributed by atoms with van der Waals surface area (Å²) in [6.45, 7) is 0. The molecular weight excluding hydrogens is 305 g/mol. The fourth-order valence-corrected chi connectivity index (χ4v) is 6.12. The van der Waals surface area contributed by atoms with E-state index in [-0.39, 0.29) is 0 Å². The first-order valence-corrected chi connectivity index (χ1v) is 15.6. The Morgan fingerprint density at radius 2 is 1.75 bits per heavy atom. The van der Waals surface area contributed by atoms with Crippen LogP contribution in [0.3, 0.4) is 0 Å². The monoisotopic (exact) mass is 334 g/mol. The summed E-state index contributed by atoms with van der Waals surface area (Å²) < 4.78 is 5.28. The van der Waals surface area contributed by atoms with Gasteiger partial charge in [0.25, 0.3) is 0 Å². The number of methoxy groups -OCH3 is 1. The van der Waals surface area contributed by atoms with Crippen LogP contribution in [0, 0.1) is 5.92 Å². The second-order valence-corrected chi connectivity index (χ2v) is 18.7. The van der Waals surface area contributed by atoms with E-state index in [0.717, 1.165) is 11.7 Å². The molecule has 1 fully saturated rings. The summed E-state index contributed by atoms with van der Waals surface area (Å²) in [4.78, 5) is 0. The molecule has 1 aliphatic rings. The van der Waals surface area contributed by atoms with Crippen LogP contribution in [0.25, 0.3) is 5.57 Å². The molecule has 1 aromatic carbocycles. The van der Waals surface area contributed by atoms with Crippen LogP contribution in [0.5, 0.6) is 5.75 Å². The maximum atomic E-state index is 5.28. The van der Waals surface area contributed by atoms with Gasteiger partial charge < -0.3 is 0 Å². The second kappa shape index (κ2) is 6.84. The van der Waals surface area contributed by atoms with Crippen molar-refractivity contribution < 1.29 is 4.74 Å². The predicted octanol–water partition coefficient (Wildman–Crippen LogP) is 5.61. The molecule has 1 aromatic rings. The average Bonchev–Trinajstić information content (AvgIpc) is 2.89. The molecule has 0 heterocycles. The van der Waals surface area contributed by atoms with Crippen molar-refractivity contribution in [3.63, 3.8) is 0 Å². The topological polar surface area (TPSA) is 9.23 Å². The molecule has 20 heavy (non-hydrogen) atoms. The van der Waals surface area contributed by atoms with Crippen molar-refractivity contribution in [1.29, 1.82) is 0 Å². The van der Waals surface area contributed by atoms with E-state index in [1.807, 2.05) is 0 Å². The average molecular weight is 333 g/mol. The van der Waals surface area contributed by atoms with Crippen molar-refractivity contribution in [1.82, 2.24) is 0 Å². The van der Waals surface area contributed by atoms with Gasteiger partial charge in [0.05, 0.1) is 0 Å². The maximum absolute atomic E-state index is 5.28. The van der Waals surface area contributed by atoms with Gasteiger partial charge in [-0.05, 0) is 0 Å². The Morgan fingerprint density at radius 3 is 2.25 bits per heavy atom. The quantitative estimate of drug-likeness (QED) is 0.637. The van der Waals surface area contributed by atoms with Crippen molar-refractivity contribution in [3.8, 4) is 5.75 Å². The van der Waals surface area contributed by atoms with Crippen molar-refractivity contribution in [2.75, 3.05) is 7.11 Å². The Bertz CT molecular complexity index is 447.